The zero-order valence-corrected chi connectivity index (χ0v) is 17.5. The standard InChI is InChI=1S/C21H28N2O4S/c1-16-13-21(17(2)12-20(16)26-3)28(24,25)22-14-18-6-4-5-7-19(18)15-23-8-10-27-11-9-23/h4-7,12-13,22H,8-11,14-15H2,1-3H3. The van der Waals surface area contributed by atoms with E-state index in [0.29, 0.717) is 11.3 Å². The van der Waals surface area contributed by atoms with Gasteiger partial charge in [0.2, 0.25) is 10.0 Å². The molecule has 152 valence electrons. The highest BCUT2D eigenvalue weighted by molar-refractivity contribution is 7.89. The number of benzene rings is 2. The molecule has 0 spiro atoms. The summed E-state index contributed by atoms with van der Waals surface area (Å²) in [6, 6.07) is 11.4. The minimum Gasteiger partial charge on any atom is -0.496 e. The van der Waals surface area contributed by atoms with Gasteiger partial charge in [0, 0.05) is 26.2 Å². The third kappa shape index (κ3) is 4.91. The molecule has 2 aromatic rings. The molecule has 28 heavy (non-hydrogen) atoms. The molecule has 0 amide bonds. The van der Waals surface area contributed by atoms with Crippen molar-refractivity contribution in [2.75, 3.05) is 33.4 Å². The van der Waals surface area contributed by atoms with E-state index in [0.717, 1.165) is 49.5 Å². The largest absolute Gasteiger partial charge is 0.496 e. The molecule has 0 aromatic heterocycles. The Balaban J connectivity index is 1.75. The van der Waals surface area contributed by atoms with Gasteiger partial charge in [0.1, 0.15) is 5.75 Å². The number of hydrogen-bond donors (Lipinski definition) is 1. The first-order valence-corrected chi connectivity index (χ1v) is 10.9. The third-order valence-electron chi connectivity index (χ3n) is 5.05. The van der Waals surface area contributed by atoms with Crippen LogP contribution in [0.15, 0.2) is 41.3 Å². The zero-order valence-electron chi connectivity index (χ0n) is 16.7. The van der Waals surface area contributed by atoms with E-state index in [4.69, 9.17) is 9.47 Å². The van der Waals surface area contributed by atoms with Crippen molar-refractivity contribution in [1.29, 1.82) is 0 Å². The van der Waals surface area contributed by atoms with Crippen LogP contribution in [0.4, 0.5) is 0 Å². The Morgan fingerprint density at radius 2 is 1.75 bits per heavy atom. The second-order valence-electron chi connectivity index (χ2n) is 7.07. The SMILES string of the molecule is COc1cc(C)c(S(=O)(=O)NCc2ccccc2CN2CCOCC2)cc1C. The number of morpholine rings is 1. The molecule has 1 fully saturated rings. The number of aryl methyl sites for hydroxylation is 2. The molecule has 1 aliphatic heterocycles. The van der Waals surface area contributed by atoms with Crippen molar-refractivity contribution >= 4 is 10.0 Å². The average molecular weight is 405 g/mol. The van der Waals surface area contributed by atoms with E-state index in [2.05, 4.69) is 15.7 Å². The van der Waals surface area contributed by atoms with Crippen molar-refractivity contribution in [3.63, 3.8) is 0 Å². The molecule has 7 heteroatoms. The first kappa shape index (κ1) is 20.8. The molecule has 0 atom stereocenters. The van der Waals surface area contributed by atoms with Gasteiger partial charge in [-0.15, -0.1) is 0 Å². The van der Waals surface area contributed by atoms with Crippen LogP contribution in [-0.2, 0) is 27.8 Å². The Morgan fingerprint density at radius 3 is 2.43 bits per heavy atom. The number of ether oxygens (including phenoxy) is 2. The lowest BCUT2D eigenvalue weighted by molar-refractivity contribution is 0.0341. The summed E-state index contributed by atoms with van der Waals surface area (Å²) in [7, 11) is -2.04. The quantitative estimate of drug-likeness (QED) is 0.768. The highest BCUT2D eigenvalue weighted by Gasteiger charge is 2.19. The van der Waals surface area contributed by atoms with Crippen molar-refractivity contribution in [1.82, 2.24) is 9.62 Å². The number of sulfonamides is 1. The predicted octanol–water partition coefficient (Wildman–Crippen LogP) is 2.62. The Labute approximate surface area is 167 Å². The Morgan fingerprint density at radius 1 is 1.07 bits per heavy atom. The number of nitrogens with zero attached hydrogens (tertiary/aromatic N) is 1. The Hall–Kier alpha value is -1.93. The van der Waals surface area contributed by atoms with E-state index in [-0.39, 0.29) is 11.4 Å². The lowest BCUT2D eigenvalue weighted by atomic mass is 10.1. The minimum absolute atomic E-state index is 0.257. The molecule has 0 saturated carbocycles. The molecule has 1 saturated heterocycles. The van der Waals surface area contributed by atoms with Gasteiger partial charge in [0.15, 0.2) is 0 Å². The van der Waals surface area contributed by atoms with E-state index in [1.54, 1.807) is 26.2 Å². The number of methoxy groups -OCH3 is 1. The van der Waals surface area contributed by atoms with Crippen LogP contribution in [0.1, 0.15) is 22.3 Å². The molecule has 1 aliphatic rings. The highest BCUT2D eigenvalue weighted by atomic mass is 32.2. The maximum atomic E-state index is 12.9. The molecular weight excluding hydrogens is 376 g/mol. The molecule has 1 N–H and O–H groups in total. The number of nitrogens with one attached hydrogen (secondary N) is 1. The maximum Gasteiger partial charge on any atom is 0.241 e. The van der Waals surface area contributed by atoms with Gasteiger partial charge in [-0.1, -0.05) is 24.3 Å². The summed E-state index contributed by atoms with van der Waals surface area (Å²) in [4.78, 5) is 2.62. The molecule has 1 heterocycles. The highest BCUT2D eigenvalue weighted by Crippen LogP contribution is 2.25. The zero-order chi connectivity index (χ0) is 20.1. The average Bonchev–Trinajstić information content (AvgIpc) is 2.69. The van der Waals surface area contributed by atoms with E-state index >= 15 is 0 Å². The van der Waals surface area contributed by atoms with Crippen molar-refractivity contribution in [2.45, 2.75) is 31.8 Å². The van der Waals surface area contributed by atoms with Crippen molar-refractivity contribution in [3.8, 4) is 5.75 Å². The molecule has 3 rings (SSSR count). The van der Waals surface area contributed by atoms with E-state index in [1.165, 1.54) is 0 Å². The molecule has 6 nitrogen and oxygen atoms in total. The molecule has 0 aliphatic carbocycles. The summed E-state index contributed by atoms with van der Waals surface area (Å²) in [5.74, 6) is 0.687. The smallest absolute Gasteiger partial charge is 0.241 e. The summed E-state index contributed by atoms with van der Waals surface area (Å²) in [6.07, 6.45) is 0. The summed E-state index contributed by atoms with van der Waals surface area (Å²) < 4.78 is 39.2. The molecule has 0 bridgehead atoms. The van der Waals surface area contributed by atoms with Crippen LogP contribution in [0.2, 0.25) is 0 Å². The van der Waals surface area contributed by atoms with Crippen LogP contribution < -0.4 is 9.46 Å². The summed E-state index contributed by atoms with van der Waals surface area (Å²) in [6.45, 7) is 7.94. The maximum absolute atomic E-state index is 12.9. The summed E-state index contributed by atoms with van der Waals surface area (Å²) in [5.41, 5.74) is 3.58. The van der Waals surface area contributed by atoms with Crippen LogP contribution in [0.3, 0.4) is 0 Å². The van der Waals surface area contributed by atoms with Crippen LogP contribution >= 0.6 is 0 Å². The summed E-state index contributed by atoms with van der Waals surface area (Å²) in [5, 5.41) is 0. The fraction of sp³-hybridized carbons (Fsp3) is 0.429. The first-order valence-electron chi connectivity index (χ1n) is 9.42. The van der Waals surface area contributed by atoms with Gasteiger partial charge in [0.05, 0.1) is 25.2 Å². The van der Waals surface area contributed by atoms with E-state index in [1.807, 2.05) is 25.1 Å². The lowest BCUT2D eigenvalue weighted by Crippen LogP contribution is -2.36. The van der Waals surface area contributed by atoms with Crippen molar-refractivity contribution < 1.29 is 17.9 Å². The molecule has 0 unspecified atom stereocenters. The monoisotopic (exact) mass is 404 g/mol. The Kier molecular flexibility index (Phi) is 6.72. The summed E-state index contributed by atoms with van der Waals surface area (Å²) >= 11 is 0. The van der Waals surface area contributed by atoms with Crippen molar-refractivity contribution in [2.24, 2.45) is 0 Å². The lowest BCUT2D eigenvalue weighted by Gasteiger charge is -2.27. The molecular formula is C21H28N2O4S. The molecule has 2 aromatic carbocycles. The Bertz CT molecular complexity index is 922. The third-order valence-corrected chi connectivity index (χ3v) is 6.59. The minimum atomic E-state index is -3.63. The second-order valence-corrected chi connectivity index (χ2v) is 8.80. The van der Waals surface area contributed by atoms with Gasteiger partial charge >= 0.3 is 0 Å². The fourth-order valence-electron chi connectivity index (χ4n) is 3.41. The van der Waals surface area contributed by atoms with Crippen molar-refractivity contribution in [3.05, 3.63) is 58.7 Å². The van der Waals surface area contributed by atoms with Gasteiger partial charge in [0.25, 0.3) is 0 Å². The van der Waals surface area contributed by atoms with Gasteiger partial charge in [-0.3, -0.25) is 4.90 Å². The fourth-order valence-corrected chi connectivity index (χ4v) is 4.72. The second kappa shape index (κ2) is 9.05. The van der Waals surface area contributed by atoms with Crippen LogP contribution in [0.25, 0.3) is 0 Å². The van der Waals surface area contributed by atoms with E-state index < -0.39 is 10.0 Å². The number of hydrogen-bond acceptors (Lipinski definition) is 5. The molecule has 0 radical (unpaired) electrons. The van der Waals surface area contributed by atoms with Gasteiger partial charge in [-0.05, 0) is 48.2 Å². The predicted molar refractivity (Wildman–Crippen MR) is 109 cm³/mol. The van der Waals surface area contributed by atoms with Gasteiger partial charge in [-0.2, -0.15) is 0 Å². The van der Waals surface area contributed by atoms with Gasteiger partial charge in [-0.25, -0.2) is 13.1 Å². The van der Waals surface area contributed by atoms with Crippen LogP contribution in [0, 0.1) is 13.8 Å². The van der Waals surface area contributed by atoms with Gasteiger partial charge < -0.3 is 9.47 Å². The normalized spacial score (nSPS) is 15.5. The van der Waals surface area contributed by atoms with E-state index in [9.17, 15) is 8.42 Å². The first-order chi connectivity index (χ1) is 13.4. The van der Waals surface area contributed by atoms with Crippen LogP contribution in [-0.4, -0.2) is 46.7 Å². The topological polar surface area (TPSA) is 67.9 Å². The van der Waals surface area contributed by atoms with Crippen LogP contribution in [0.5, 0.6) is 5.75 Å². The number of rotatable bonds is 7.